The van der Waals surface area contributed by atoms with Crippen LogP contribution >= 0.6 is 0 Å². The normalized spacial score (nSPS) is 23.9. The predicted octanol–water partition coefficient (Wildman–Crippen LogP) is -0.0717. The highest BCUT2D eigenvalue weighted by Crippen LogP contribution is 2.04. The zero-order chi connectivity index (χ0) is 11.3. The quantitative estimate of drug-likeness (QED) is 0.667. The lowest BCUT2D eigenvalue weighted by Crippen LogP contribution is -2.40. The van der Waals surface area contributed by atoms with Gasteiger partial charge in [-0.15, -0.1) is 0 Å². The molecule has 1 fully saturated rings. The largest absolute Gasteiger partial charge is 0.462 e. The van der Waals surface area contributed by atoms with Gasteiger partial charge in [-0.25, -0.2) is 0 Å². The molecule has 2 atom stereocenters. The third-order valence-electron chi connectivity index (χ3n) is 2.29. The van der Waals surface area contributed by atoms with Gasteiger partial charge < -0.3 is 19.9 Å². The highest BCUT2D eigenvalue weighted by Gasteiger charge is 2.21. The van der Waals surface area contributed by atoms with Crippen LogP contribution in [0.15, 0.2) is 0 Å². The van der Waals surface area contributed by atoms with Crippen molar-refractivity contribution in [3.63, 3.8) is 0 Å². The van der Waals surface area contributed by atoms with Crippen molar-refractivity contribution in [3.8, 4) is 0 Å². The first kappa shape index (κ1) is 12.4. The molecule has 1 rings (SSSR count). The molecule has 0 aromatic heterocycles. The smallest absolute Gasteiger partial charge is 0.323 e. The second kappa shape index (κ2) is 6.05. The topological polar surface area (TPSA) is 70.8 Å². The van der Waals surface area contributed by atoms with E-state index in [2.05, 4.69) is 0 Å². The number of hydrogen-bond acceptors (Lipinski definition) is 5. The third-order valence-corrected chi connectivity index (χ3v) is 2.29. The first-order chi connectivity index (χ1) is 7.11. The molecule has 1 heterocycles. The van der Waals surface area contributed by atoms with Gasteiger partial charge in [0.05, 0.1) is 19.8 Å². The molecule has 0 amide bonds. The van der Waals surface area contributed by atoms with E-state index in [1.807, 2.05) is 13.8 Å². The van der Waals surface area contributed by atoms with Gasteiger partial charge >= 0.3 is 5.97 Å². The molecule has 5 heteroatoms. The standard InChI is InChI=1S/C10H19NO4/c1-7(2)9(11)10(12)15-6-8-5-13-3-4-14-8/h7-9H,3-6,11H2,1-2H3/t8?,9-/m0/s1. The van der Waals surface area contributed by atoms with Crippen LogP contribution in [0.3, 0.4) is 0 Å². The number of carbonyl (C=O) groups is 1. The fraction of sp³-hybridized carbons (Fsp3) is 0.900. The lowest BCUT2D eigenvalue weighted by atomic mass is 10.1. The van der Waals surface area contributed by atoms with Crippen molar-refractivity contribution < 1.29 is 19.0 Å². The molecule has 0 saturated carbocycles. The number of rotatable bonds is 4. The van der Waals surface area contributed by atoms with E-state index in [0.717, 1.165) is 0 Å². The Labute approximate surface area is 89.9 Å². The van der Waals surface area contributed by atoms with Crippen LogP contribution in [0.4, 0.5) is 0 Å². The first-order valence-electron chi connectivity index (χ1n) is 5.23. The van der Waals surface area contributed by atoms with Crippen molar-refractivity contribution in [2.45, 2.75) is 26.0 Å². The summed E-state index contributed by atoms with van der Waals surface area (Å²) in [6.07, 6.45) is -0.151. The number of hydrogen-bond donors (Lipinski definition) is 1. The molecule has 0 bridgehead atoms. The van der Waals surface area contributed by atoms with Crippen LogP contribution in [-0.2, 0) is 19.0 Å². The Hall–Kier alpha value is -0.650. The van der Waals surface area contributed by atoms with E-state index in [0.29, 0.717) is 19.8 Å². The average molecular weight is 217 g/mol. The van der Waals surface area contributed by atoms with Crippen molar-refractivity contribution in [1.29, 1.82) is 0 Å². The van der Waals surface area contributed by atoms with Gasteiger partial charge in [-0.1, -0.05) is 13.8 Å². The van der Waals surface area contributed by atoms with E-state index in [4.69, 9.17) is 19.9 Å². The molecule has 1 aliphatic heterocycles. The van der Waals surface area contributed by atoms with Gasteiger partial charge in [-0.3, -0.25) is 4.79 Å². The fourth-order valence-electron chi connectivity index (χ4n) is 1.18. The zero-order valence-corrected chi connectivity index (χ0v) is 9.27. The molecule has 0 aromatic rings. The molecule has 1 saturated heterocycles. The molecule has 88 valence electrons. The first-order valence-corrected chi connectivity index (χ1v) is 5.23. The summed E-state index contributed by atoms with van der Waals surface area (Å²) in [5, 5.41) is 0. The fourth-order valence-corrected chi connectivity index (χ4v) is 1.18. The Balaban J connectivity index is 2.20. The lowest BCUT2D eigenvalue weighted by Gasteiger charge is -2.23. The maximum absolute atomic E-state index is 11.4. The van der Waals surface area contributed by atoms with Gasteiger partial charge in [0.1, 0.15) is 18.8 Å². The maximum Gasteiger partial charge on any atom is 0.323 e. The molecule has 2 N–H and O–H groups in total. The van der Waals surface area contributed by atoms with Gasteiger partial charge in [-0.2, -0.15) is 0 Å². The summed E-state index contributed by atoms with van der Waals surface area (Å²) in [7, 11) is 0. The van der Waals surface area contributed by atoms with E-state index in [-0.39, 0.29) is 24.6 Å². The van der Waals surface area contributed by atoms with Crippen LogP contribution < -0.4 is 5.73 Å². The minimum Gasteiger partial charge on any atom is -0.462 e. The minimum atomic E-state index is -0.561. The van der Waals surface area contributed by atoms with Crippen molar-refractivity contribution in [1.82, 2.24) is 0 Å². The van der Waals surface area contributed by atoms with Crippen molar-refractivity contribution in [2.75, 3.05) is 26.4 Å². The average Bonchev–Trinajstić information content (AvgIpc) is 2.26. The molecule has 0 aliphatic carbocycles. The van der Waals surface area contributed by atoms with Gasteiger partial charge in [0.25, 0.3) is 0 Å². The second-order valence-corrected chi connectivity index (χ2v) is 3.97. The van der Waals surface area contributed by atoms with Gasteiger partial charge in [0, 0.05) is 0 Å². The van der Waals surface area contributed by atoms with Crippen molar-refractivity contribution in [3.05, 3.63) is 0 Å². The predicted molar refractivity (Wildman–Crippen MR) is 54.3 cm³/mol. The van der Waals surface area contributed by atoms with Crippen LogP contribution in [0, 0.1) is 5.92 Å². The maximum atomic E-state index is 11.4. The minimum absolute atomic E-state index is 0.0843. The summed E-state index contributed by atoms with van der Waals surface area (Å²) in [6.45, 7) is 5.62. The van der Waals surface area contributed by atoms with Crippen LogP contribution in [0.5, 0.6) is 0 Å². The molecule has 0 radical (unpaired) electrons. The Morgan fingerprint density at radius 3 is 2.80 bits per heavy atom. The van der Waals surface area contributed by atoms with Crippen molar-refractivity contribution in [2.24, 2.45) is 11.7 Å². The van der Waals surface area contributed by atoms with E-state index < -0.39 is 6.04 Å². The third kappa shape index (κ3) is 4.15. The molecule has 0 aromatic carbocycles. The number of carbonyl (C=O) groups excluding carboxylic acids is 1. The highest BCUT2D eigenvalue weighted by molar-refractivity contribution is 5.75. The summed E-state index contributed by atoms with van der Waals surface area (Å²) in [4.78, 5) is 11.4. The number of esters is 1. The van der Waals surface area contributed by atoms with Gasteiger partial charge in [-0.05, 0) is 5.92 Å². The Kier molecular flexibility index (Phi) is 5.01. The van der Waals surface area contributed by atoms with E-state index in [9.17, 15) is 4.79 Å². The summed E-state index contributed by atoms with van der Waals surface area (Å²) in [6, 6.07) is -0.561. The van der Waals surface area contributed by atoms with Crippen LogP contribution in [0.1, 0.15) is 13.8 Å². The number of ether oxygens (including phenoxy) is 3. The van der Waals surface area contributed by atoms with E-state index >= 15 is 0 Å². The Morgan fingerprint density at radius 1 is 1.53 bits per heavy atom. The molecule has 1 unspecified atom stereocenters. The van der Waals surface area contributed by atoms with Crippen LogP contribution in [-0.4, -0.2) is 44.5 Å². The summed E-state index contributed by atoms with van der Waals surface area (Å²) >= 11 is 0. The lowest BCUT2D eigenvalue weighted by molar-refractivity contribution is -0.158. The summed E-state index contributed by atoms with van der Waals surface area (Å²) < 4.78 is 15.5. The monoisotopic (exact) mass is 217 g/mol. The molecule has 1 aliphatic rings. The molecule has 0 spiro atoms. The Morgan fingerprint density at radius 2 is 2.27 bits per heavy atom. The van der Waals surface area contributed by atoms with Gasteiger partial charge in [0.2, 0.25) is 0 Å². The molecular weight excluding hydrogens is 198 g/mol. The highest BCUT2D eigenvalue weighted by atomic mass is 16.6. The van der Waals surface area contributed by atoms with E-state index in [1.54, 1.807) is 0 Å². The summed E-state index contributed by atoms with van der Waals surface area (Å²) in [5.74, 6) is -0.291. The SMILES string of the molecule is CC(C)[C@H](N)C(=O)OCC1COCCO1. The summed E-state index contributed by atoms with van der Waals surface area (Å²) in [5.41, 5.74) is 5.63. The van der Waals surface area contributed by atoms with E-state index in [1.165, 1.54) is 0 Å². The molecular formula is C10H19NO4. The zero-order valence-electron chi connectivity index (χ0n) is 9.27. The van der Waals surface area contributed by atoms with Crippen LogP contribution in [0.2, 0.25) is 0 Å². The van der Waals surface area contributed by atoms with Crippen LogP contribution in [0.25, 0.3) is 0 Å². The Bertz CT molecular complexity index is 202. The van der Waals surface area contributed by atoms with Crippen molar-refractivity contribution >= 4 is 5.97 Å². The molecule has 5 nitrogen and oxygen atoms in total. The van der Waals surface area contributed by atoms with Gasteiger partial charge in [0.15, 0.2) is 0 Å². The number of nitrogens with two attached hydrogens (primary N) is 1. The second-order valence-electron chi connectivity index (χ2n) is 3.97. The molecule has 15 heavy (non-hydrogen) atoms.